The Bertz CT molecular complexity index is 568. The summed E-state index contributed by atoms with van der Waals surface area (Å²) in [6.45, 7) is 4.94. The van der Waals surface area contributed by atoms with Crippen LogP contribution in [0, 0.1) is 5.92 Å². The summed E-state index contributed by atoms with van der Waals surface area (Å²) >= 11 is 0. The van der Waals surface area contributed by atoms with E-state index in [9.17, 15) is 4.79 Å². The number of amides is 1. The lowest BCUT2D eigenvalue weighted by atomic mass is 9.86. The molecule has 132 valence electrons. The first kappa shape index (κ1) is 18.4. The number of carbonyl (C=O) groups is 1. The Labute approximate surface area is 145 Å². The molecule has 1 aliphatic rings. The van der Waals surface area contributed by atoms with Crippen LogP contribution in [0.2, 0.25) is 0 Å². The average Bonchev–Trinajstić information content (AvgIpc) is 2.60. The van der Waals surface area contributed by atoms with Crippen molar-refractivity contribution in [2.24, 2.45) is 5.92 Å². The van der Waals surface area contributed by atoms with Crippen molar-refractivity contribution in [1.29, 1.82) is 0 Å². The number of nitrogens with one attached hydrogen (secondary N) is 1. The van der Waals surface area contributed by atoms with Crippen molar-refractivity contribution >= 4 is 12.0 Å². The molecule has 0 radical (unpaired) electrons. The molecule has 4 heteroatoms. The predicted molar refractivity (Wildman–Crippen MR) is 97.4 cm³/mol. The van der Waals surface area contributed by atoms with E-state index in [0.29, 0.717) is 24.3 Å². The third kappa shape index (κ3) is 5.29. The van der Waals surface area contributed by atoms with Gasteiger partial charge in [0.2, 0.25) is 5.91 Å². The minimum Gasteiger partial charge on any atom is -0.493 e. The molecule has 0 bridgehead atoms. The summed E-state index contributed by atoms with van der Waals surface area (Å²) in [5.74, 6) is 1.95. The van der Waals surface area contributed by atoms with Crippen LogP contribution in [0.25, 0.3) is 6.08 Å². The van der Waals surface area contributed by atoms with E-state index >= 15 is 0 Å². The van der Waals surface area contributed by atoms with E-state index in [1.165, 1.54) is 19.3 Å². The van der Waals surface area contributed by atoms with Gasteiger partial charge >= 0.3 is 0 Å². The molecule has 0 spiro atoms. The SMILES string of the molecule is CCCOc1ccc(/C=C/C(=O)N[C@H]2CCCC[C@@H]2C)cc1OC. The van der Waals surface area contributed by atoms with Gasteiger partial charge in [0.05, 0.1) is 13.7 Å². The quantitative estimate of drug-likeness (QED) is 0.762. The fourth-order valence-corrected chi connectivity index (χ4v) is 3.05. The summed E-state index contributed by atoms with van der Waals surface area (Å²) in [5.41, 5.74) is 0.919. The lowest BCUT2D eigenvalue weighted by molar-refractivity contribution is -0.117. The van der Waals surface area contributed by atoms with Gasteiger partial charge in [0.1, 0.15) is 0 Å². The summed E-state index contributed by atoms with van der Waals surface area (Å²) in [5, 5.41) is 3.13. The smallest absolute Gasteiger partial charge is 0.244 e. The number of rotatable bonds is 7. The third-order valence-corrected chi connectivity index (χ3v) is 4.52. The molecule has 2 atom stereocenters. The average molecular weight is 331 g/mol. The summed E-state index contributed by atoms with van der Waals surface area (Å²) in [6.07, 6.45) is 9.12. The highest BCUT2D eigenvalue weighted by molar-refractivity contribution is 5.92. The van der Waals surface area contributed by atoms with Crippen LogP contribution in [0.3, 0.4) is 0 Å². The number of methoxy groups -OCH3 is 1. The molecule has 0 aromatic heterocycles. The normalized spacial score (nSPS) is 20.8. The number of carbonyl (C=O) groups excluding carboxylic acids is 1. The highest BCUT2D eigenvalue weighted by atomic mass is 16.5. The molecule has 24 heavy (non-hydrogen) atoms. The van der Waals surface area contributed by atoms with E-state index < -0.39 is 0 Å². The number of hydrogen-bond acceptors (Lipinski definition) is 3. The largest absolute Gasteiger partial charge is 0.493 e. The van der Waals surface area contributed by atoms with Crippen LogP contribution in [0.1, 0.15) is 51.5 Å². The topological polar surface area (TPSA) is 47.6 Å². The van der Waals surface area contributed by atoms with Gasteiger partial charge in [0.15, 0.2) is 11.5 Å². The van der Waals surface area contributed by atoms with E-state index in [0.717, 1.165) is 24.2 Å². The van der Waals surface area contributed by atoms with Crippen molar-refractivity contribution in [3.05, 3.63) is 29.8 Å². The first-order valence-electron chi connectivity index (χ1n) is 8.93. The van der Waals surface area contributed by atoms with Crippen LogP contribution in [-0.4, -0.2) is 25.7 Å². The number of hydrogen-bond donors (Lipinski definition) is 1. The van der Waals surface area contributed by atoms with Gasteiger partial charge in [-0.25, -0.2) is 0 Å². The van der Waals surface area contributed by atoms with Crippen LogP contribution >= 0.6 is 0 Å². The van der Waals surface area contributed by atoms with Crippen molar-refractivity contribution in [3.8, 4) is 11.5 Å². The van der Waals surface area contributed by atoms with Gasteiger partial charge < -0.3 is 14.8 Å². The Kier molecular flexibility index (Phi) is 7.16. The van der Waals surface area contributed by atoms with Crippen molar-refractivity contribution in [1.82, 2.24) is 5.32 Å². The minimum atomic E-state index is -0.0287. The van der Waals surface area contributed by atoms with Crippen molar-refractivity contribution in [3.63, 3.8) is 0 Å². The molecule has 0 aliphatic heterocycles. The molecule has 1 amide bonds. The van der Waals surface area contributed by atoms with Crippen molar-refractivity contribution in [2.75, 3.05) is 13.7 Å². The minimum absolute atomic E-state index is 0.0287. The highest BCUT2D eigenvalue weighted by Gasteiger charge is 2.21. The summed E-state index contributed by atoms with van der Waals surface area (Å²) < 4.78 is 11.0. The monoisotopic (exact) mass is 331 g/mol. The van der Waals surface area contributed by atoms with E-state index in [-0.39, 0.29) is 5.91 Å². The van der Waals surface area contributed by atoms with Gasteiger partial charge in [-0.15, -0.1) is 0 Å². The second-order valence-corrected chi connectivity index (χ2v) is 6.47. The van der Waals surface area contributed by atoms with Gasteiger partial charge in [-0.1, -0.05) is 32.8 Å². The summed E-state index contributed by atoms with van der Waals surface area (Å²) in [6, 6.07) is 6.00. The molecule has 1 aromatic carbocycles. The molecule has 2 rings (SSSR count). The molecule has 0 unspecified atom stereocenters. The molecule has 1 saturated carbocycles. The predicted octanol–water partition coefficient (Wildman–Crippen LogP) is 4.19. The van der Waals surface area contributed by atoms with Crippen molar-refractivity contribution < 1.29 is 14.3 Å². The molecular formula is C20H29NO3. The fraction of sp³-hybridized carbons (Fsp3) is 0.550. The van der Waals surface area contributed by atoms with E-state index in [2.05, 4.69) is 19.2 Å². The Morgan fingerprint density at radius 2 is 2.08 bits per heavy atom. The van der Waals surface area contributed by atoms with Crippen LogP contribution in [0.5, 0.6) is 11.5 Å². The van der Waals surface area contributed by atoms with Gasteiger partial charge in [0.25, 0.3) is 0 Å². The van der Waals surface area contributed by atoms with Gasteiger partial charge in [-0.2, -0.15) is 0 Å². The molecule has 1 N–H and O–H groups in total. The fourth-order valence-electron chi connectivity index (χ4n) is 3.05. The second kappa shape index (κ2) is 9.36. The molecule has 1 fully saturated rings. The lowest BCUT2D eigenvalue weighted by Crippen LogP contribution is -2.40. The summed E-state index contributed by atoms with van der Waals surface area (Å²) in [4.78, 5) is 12.1. The number of ether oxygens (including phenoxy) is 2. The number of benzene rings is 1. The maximum atomic E-state index is 12.1. The zero-order valence-electron chi connectivity index (χ0n) is 15.0. The zero-order chi connectivity index (χ0) is 17.4. The maximum Gasteiger partial charge on any atom is 0.244 e. The molecule has 0 heterocycles. The standard InChI is InChI=1S/C20H29NO3/c1-4-13-24-18-11-9-16(14-19(18)23-3)10-12-20(22)21-17-8-6-5-7-15(17)2/h9-12,14-15,17H,4-8,13H2,1-3H3,(H,21,22)/b12-10+/t15-,17-/m0/s1. The molecule has 1 aliphatic carbocycles. The molecule has 1 aromatic rings. The first-order valence-corrected chi connectivity index (χ1v) is 8.93. The summed E-state index contributed by atoms with van der Waals surface area (Å²) in [7, 11) is 1.62. The lowest BCUT2D eigenvalue weighted by Gasteiger charge is -2.29. The van der Waals surface area contributed by atoms with Gasteiger partial charge in [0, 0.05) is 12.1 Å². The van der Waals surface area contributed by atoms with E-state index in [1.807, 2.05) is 24.3 Å². The molecule has 4 nitrogen and oxygen atoms in total. The van der Waals surface area contributed by atoms with Crippen molar-refractivity contribution in [2.45, 2.75) is 52.0 Å². The van der Waals surface area contributed by atoms with Crippen LogP contribution < -0.4 is 14.8 Å². The first-order chi connectivity index (χ1) is 11.6. The van der Waals surface area contributed by atoms with E-state index in [1.54, 1.807) is 13.2 Å². The second-order valence-electron chi connectivity index (χ2n) is 6.47. The Morgan fingerprint density at radius 1 is 1.29 bits per heavy atom. The van der Waals surface area contributed by atoms with Crippen LogP contribution in [0.15, 0.2) is 24.3 Å². The molecule has 0 saturated heterocycles. The van der Waals surface area contributed by atoms with Crippen LogP contribution in [-0.2, 0) is 4.79 Å². The zero-order valence-corrected chi connectivity index (χ0v) is 15.0. The van der Waals surface area contributed by atoms with Gasteiger partial charge in [-0.05, 0) is 49.0 Å². The third-order valence-electron chi connectivity index (χ3n) is 4.52. The highest BCUT2D eigenvalue weighted by Crippen LogP contribution is 2.28. The maximum absolute atomic E-state index is 12.1. The van der Waals surface area contributed by atoms with Gasteiger partial charge in [-0.3, -0.25) is 4.79 Å². The Balaban J connectivity index is 1.96. The van der Waals surface area contributed by atoms with Crippen LogP contribution in [0.4, 0.5) is 0 Å². The molecular weight excluding hydrogens is 302 g/mol. The Hall–Kier alpha value is -1.97. The Morgan fingerprint density at radius 3 is 2.79 bits per heavy atom. The van der Waals surface area contributed by atoms with E-state index in [4.69, 9.17) is 9.47 Å².